The molecule has 0 saturated heterocycles. The van der Waals surface area contributed by atoms with E-state index in [4.69, 9.17) is 0 Å². The first kappa shape index (κ1) is 13.0. The van der Waals surface area contributed by atoms with E-state index in [0.717, 1.165) is 16.8 Å². The first-order valence-electron chi connectivity index (χ1n) is 6.42. The Morgan fingerprint density at radius 2 is 2.00 bits per heavy atom. The van der Waals surface area contributed by atoms with Gasteiger partial charge in [0.2, 0.25) is 5.95 Å². The topological polar surface area (TPSA) is 85.4 Å². The number of nitrogens with zero attached hydrogens (tertiary/aromatic N) is 4. The molecule has 0 amide bonds. The summed E-state index contributed by atoms with van der Waals surface area (Å²) >= 11 is 0. The highest BCUT2D eigenvalue weighted by molar-refractivity contribution is 5.44. The third-order valence-corrected chi connectivity index (χ3v) is 3.08. The lowest BCUT2D eigenvalue weighted by Gasteiger charge is -2.01. The van der Waals surface area contributed by atoms with Gasteiger partial charge in [0, 0.05) is 24.9 Å². The number of nitrogens with one attached hydrogen (secondary N) is 1. The molecule has 0 atom stereocenters. The number of benzene rings is 1. The Morgan fingerprint density at radius 1 is 1.24 bits per heavy atom. The Kier molecular flexibility index (Phi) is 3.23. The molecule has 0 radical (unpaired) electrons. The molecule has 0 saturated carbocycles. The van der Waals surface area contributed by atoms with Gasteiger partial charge in [0.1, 0.15) is 0 Å². The molecule has 0 fully saturated rings. The Labute approximate surface area is 120 Å². The Bertz CT molecular complexity index is 795. The fourth-order valence-corrected chi connectivity index (χ4v) is 1.98. The van der Waals surface area contributed by atoms with E-state index < -0.39 is 4.92 Å². The van der Waals surface area contributed by atoms with Crippen LogP contribution in [0.25, 0.3) is 5.65 Å². The summed E-state index contributed by atoms with van der Waals surface area (Å²) in [6, 6.07) is 10.3. The van der Waals surface area contributed by atoms with Crippen molar-refractivity contribution >= 4 is 17.3 Å². The second-order valence-corrected chi connectivity index (χ2v) is 4.72. The molecule has 0 spiro atoms. The highest BCUT2D eigenvalue weighted by Gasteiger charge is 2.05. The van der Waals surface area contributed by atoms with Crippen LogP contribution in [0.15, 0.2) is 42.6 Å². The van der Waals surface area contributed by atoms with Gasteiger partial charge in [0.05, 0.1) is 4.92 Å². The minimum absolute atomic E-state index is 0.0834. The van der Waals surface area contributed by atoms with E-state index in [1.165, 1.54) is 12.1 Å². The van der Waals surface area contributed by atoms with Crippen molar-refractivity contribution < 1.29 is 4.92 Å². The second-order valence-electron chi connectivity index (χ2n) is 4.72. The number of aromatic nitrogens is 3. The van der Waals surface area contributed by atoms with Crippen LogP contribution >= 0.6 is 0 Å². The van der Waals surface area contributed by atoms with Gasteiger partial charge in [-0.25, -0.2) is 4.52 Å². The van der Waals surface area contributed by atoms with E-state index in [0.29, 0.717) is 12.5 Å². The van der Waals surface area contributed by atoms with Crippen LogP contribution < -0.4 is 5.32 Å². The summed E-state index contributed by atoms with van der Waals surface area (Å²) in [5.74, 6) is 0.527. The van der Waals surface area contributed by atoms with E-state index in [1.54, 1.807) is 16.6 Å². The van der Waals surface area contributed by atoms with E-state index in [2.05, 4.69) is 15.4 Å². The Morgan fingerprint density at radius 3 is 2.71 bits per heavy atom. The fraction of sp³-hybridized carbons (Fsp3) is 0.143. The zero-order chi connectivity index (χ0) is 14.8. The standard InChI is InChI=1S/C14H13N5O2/c1-10-2-7-13-16-14(17-18(13)9-10)15-8-11-3-5-12(6-4-11)19(20)21/h2-7,9H,8H2,1H3,(H,15,17). The van der Waals surface area contributed by atoms with Gasteiger partial charge < -0.3 is 5.32 Å². The Hall–Kier alpha value is -2.96. The van der Waals surface area contributed by atoms with Crippen LogP contribution in [0.1, 0.15) is 11.1 Å². The molecule has 0 aliphatic heterocycles. The van der Waals surface area contributed by atoms with Gasteiger partial charge in [-0.05, 0) is 24.1 Å². The highest BCUT2D eigenvalue weighted by atomic mass is 16.6. The fourth-order valence-electron chi connectivity index (χ4n) is 1.98. The van der Waals surface area contributed by atoms with Crippen LogP contribution in [0.2, 0.25) is 0 Å². The summed E-state index contributed by atoms with van der Waals surface area (Å²) in [5, 5.41) is 18.0. The third-order valence-electron chi connectivity index (χ3n) is 3.08. The predicted molar refractivity (Wildman–Crippen MR) is 78.1 cm³/mol. The van der Waals surface area contributed by atoms with Gasteiger partial charge >= 0.3 is 0 Å². The molecule has 3 rings (SSSR count). The molecule has 0 bridgehead atoms. The SMILES string of the molecule is Cc1ccc2nc(NCc3ccc([N+](=O)[O-])cc3)nn2c1. The monoisotopic (exact) mass is 283 g/mol. The van der Waals surface area contributed by atoms with Crippen molar-refractivity contribution in [2.45, 2.75) is 13.5 Å². The summed E-state index contributed by atoms with van der Waals surface area (Å²) in [4.78, 5) is 14.5. The number of nitro groups is 1. The van der Waals surface area contributed by atoms with E-state index in [-0.39, 0.29) is 5.69 Å². The number of non-ortho nitro benzene ring substituents is 1. The largest absolute Gasteiger partial charge is 0.349 e. The Balaban J connectivity index is 1.72. The summed E-state index contributed by atoms with van der Waals surface area (Å²) in [5.41, 5.74) is 2.89. The van der Waals surface area contributed by atoms with E-state index in [1.807, 2.05) is 25.3 Å². The molecule has 2 heterocycles. The molecule has 7 nitrogen and oxygen atoms in total. The molecule has 0 unspecified atom stereocenters. The van der Waals surface area contributed by atoms with Crippen molar-refractivity contribution in [2.24, 2.45) is 0 Å². The first-order chi connectivity index (χ1) is 10.1. The van der Waals surface area contributed by atoms with Gasteiger partial charge in [-0.3, -0.25) is 10.1 Å². The third kappa shape index (κ3) is 2.81. The molecule has 1 aromatic carbocycles. The molecule has 0 aliphatic rings. The van der Waals surface area contributed by atoms with Crippen molar-refractivity contribution in [3.63, 3.8) is 0 Å². The van der Waals surface area contributed by atoms with Crippen LogP contribution in [-0.4, -0.2) is 19.5 Å². The van der Waals surface area contributed by atoms with Crippen LogP contribution in [0.4, 0.5) is 11.6 Å². The number of aryl methyl sites for hydroxylation is 1. The van der Waals surface area contributed by atoms with Crippen molar-refractivity contribution in [1.82, 2.24) is 14.6 Å². The minimum atomic E-state index is -0.413. The highest BCUT2D eigenvalue weighted by Crippen LogP contribution is 2.13. The molecular formula is C14H13N5O2. The number of rotatable bonds is 4. The van der Waals surface area contributed by atoms with Gasteiger partial charge in [0.15, 0.2) is 5.65 Å². The minimum Gasteiger partial charge on any atom is -0.349 e. The molecule has 7 heteroatoms. The maximum Gasteiger partial charge on any atom is 0.269 e. The molecule has 106 valence electrons. The second kappa shape index (κ2) is 5.20. The average Bonchev–Trinajstić information content (AvgIpc) is 2.87. The van der Waals surface area contributed by atoms with Crippen molar-refractivity contribution in [3.05, 3.63) is 63.8 Å². The number of hydrogen-bond acceptors (Lipinski definition) is 5. The average molecular weight is 283 g/mol. The van der Waals surface area contributed by atoms with E-state index >= 15 is 0 Å². The maximum atomic E-state index is 10.6. The molecule has 1 N–H and O–H groups in total. The van der Waals surface area contributed by atoms with Gasteiger partial charge in [0.25, 0.3) is 5.69 Å². The lowest BCUT2D eigenvalue weighted by molar-refractivity contribution is -0.384. The zero-order valence-electron chi connectivity index (χ0n) is 11.4. The quantitative estimate of drug-likeness (QED) is 0.587. The summed E-state index contributed by atoms with van der Waals surface area (Å²) in [6.45, 7) is 2.50. The smallest absolute Gasteiger partial charge is 0.269 e. The maximum absolute atomic E-state index is 10.6. The number of fused-ring (bicyclic) bond motifs is 1. The molecule has 0 aliphatic carbocycles. The summed E-state index contributed by atoms with van der Waals surface area (Å²) in [6.07, 6.45) is 1.90. The number of pyridine rings is 1. The van der Waals surface area contributed by atoms with Crippen molar-refractivity contribution in [1.29, 1.82) is 0 Å². The first-order valence-corrected chi connectivity index (χ1v) is 6.42. The summed E-state index contributed by atoms with van der Waals surface area (Å²) in [7, 11) is 0. The van der Waals surface area contributed by atoms with Crippen LogP contribution in [-0.2, 0) is 6.54 Å². The van der Waals surface area contributed by atoms with Crippen LogP contribution in [0.3, 0.4) is 0 Å². The van der Waals surface area contributed by atoms with Gasteiger partial charge in [-0.15, -0.1) is 5.10 Å². The number of nitro benzene ring substituents is 1. The molecule has 3 aromatic rings. The van der Waals surface area contributed by atoms with Crippen molar-refractivity contribution in [2.75, 3.05) is 5.32 Å². The molecular weight excluding hydrogens is 270 g/mol. The van der Waals surface area contributed by atoms with E-state index in [9.17, 15) is 10.1 Å². The lowest BCUT2D eigenvalue weighted by Crippen LogP contribution is -2.01. The van der Waals surface area contributed by atoms with Gasteiger partial charge in [-0.2, -0.15) is 4.98 Å². The normalized spacial score (nSPS) is 10.7. The predicted octanol–water partition coefficient (Wildman–Crippen LogP) is 2.56. The van der Waals surface area contributed by atoms with Gasteiger partial charge in [-0.1, -0.05) is 18.2 Å². The number of anilines is 1. The molecule has 21 heavy (non-hydrogen) atoms. The lowest BCUT2D eigenvalue weighted by atomic mass is 10.2. The van der Waals surface area contributed by atoms with Crippen LogP contribution in [0, 0.1) is 17.0 Å². The van der Waals surface area contributed by atoms with Crippen LogP contribution in [0.5, 0.6) is 0 Å². The summed E-state index contributed by atoms with van der Waals surface area (Å²) < 4.78 is 1.72. The molecule has 2 aromatic heterocycles. The number of hydrogen-bond donors (Lipinski definition) is 1. The van der Waals surface area contributed by atoms with Crippen molar-refractivity contribution in [3.8, 4) is 0 Å². The zero-order valence-corrected chi connectivity index (χ0v) is 11.4.